The number of amidine groups is 1. The molecule has 2 aromatic carbocycles. The zero-order valence-electron chi connectivity index (χ0n) is 22.6. The van der Waals surface area contributed by atoms with Gasteiger partial charge in [-0.25, -0.2) is 4.99 Å². The van der Waals surface area contributed by atoms with Crippen molar-refractivity contribution < 1.29 is 9.47 Å². The van der Waals surface area contributed by atoms with E-state index in [0.717, 1.165) is 60.1 Å². The lowest BCUT2D eigenvalue weighted by Crippen LogP contribution is -2.44. The molecule has 1 atom stereocenters. The highest BCUT2D eigenvalue weighted by Crippen LogP contribution is 2.29. The molecule has 1 aliphatic rings. The van der Waals surface area contributed by atoms with Gasteiger partial charge in [-0.05, 0) is 68.9 Å². The minimum atomic E-state index is -0.0746. The number of benzene rings is 2. The van der Waals surface area contributed by atoms with Crippen LogP contribution in [-0.2, 0) is 0 Å². The number of hydrogen-bond donors (Lipinski definition) is 1. The maximum absolute atomic E-state index is 6.46. The second-order valence-electron chi connectivity index (χ2n) is 9.56. The average Bonchev–Trinajstić information content (AvgIpc) is 2.84. The van der Waals surface area contributed by atoms with Crippen molar-refractivity contribution in [3.8, 4) is 11.5 Å². The maximum atomic E-state index is 6.46. The Morgan fingerprint density at radius 1 is 0.943 bits per heavy atom. The highest BCUT2D eigenvalue weighted by atomic mass is 16.5. The Hall–Kier alpha value is -2.79. The van der Waals surface area contributed by atoms with E-state index >= 15 is 0 Å². The third-order valence-corrected chi connectivity index (χ3v) is 6.42. The van der Waals surface area contributed by atoms with Crippen LogP contribution in [-0.4, -0.2) is 43.2 Å². The second-order valence-corrected chi connectivity index (χ2v) is 9.56. The van der Waals surface area contributed by atoms with Gasteiger partial charge in [-0.15, -0.1) is 0 Å². The van der Waals surface area contributed by atoms with Gasteiger partial charge >= 0.3 is 0 Å². The van der Waals surface area contributed by atoms with E-state index in [4.69, 9.17) is 14.5 Å². The van der Waals surface area contributed by atoms with Crippen molar-refractivity contribution in [2.24, 2.45) is 4.99 Å². The van der Waals surface area contributed by atoms with Gasteiger partial charge in [0.1, 0.15) is 30.1 Å². The lowest BCUT2D eigenvalue weighted by atomic mass is 10.0. The molecule has 1 N–H and O–H groups in total. The van der Waals surface area contributed by atoms with E-state index in [0.29, 0.717) is 19.1 Å². The molecule has 5 heteroatoms. The number of nitrogens with one attached hydrogen (secondary N) is 1. The summed E-state index contributed by atoms with van der Waals surface area (Å²) < 4.78 is 12.4. The minimum absolute atomic E-state index is 0.0746. The molecule has 2 aromatic rings. The third kappa shape index (κ3) is 6.66. The molecule has 0 spiro atoms. The summed E-state index contributed by atoms with van der Waals surface area (Å²) in [7, 11) is 0. The number of aliphatic imine (C=N–C) groups is 1. The molecule has 3 rings (SSSR count). The molecule has 1 heterocycles. The smallest absolute Gasteiger partial charge is 0.138 e. The van der Waals surface area contributed by atoms with Gasteiger partial charge in [0.15, 0.2) is 0 Å². The van der Waals surface area contributed by atoms with Crippen molar-refractivity contribution in [3.05, 3.63) is 70.4 Å². The summed E-state index contributed by atoms with van der Waals surface area (Å²) in [5.74, 6) is 3.12. The molecule has 1 aliphatic heterocycles. The van der Waals surface area contributed by atoms with Gasteiger partial charge < -0.3 is 14.8 Å². The van der Waals surface area contributed by atoms with E-state index < -0.39 is 0 Å². The predicted octanol–water partition coefficient (Wildman–Crippen LogP) is 6.67. The Balaban J connectivity index is 1.96. The number of nitrogens with zero attached hydrogens (tertiary/aromatic N) is 2. The molecule has 0 saturated heterocycles. The Kier molecular flexibility index (Phi) is 9.79. The SMILES string of the molecule is CCCN(CCC)C1N=C(c2ccccc2OCC)NC(C)=C1COc1cc(C(C)C)ccc1C. The number of aryl methyl sites for hydroxylation is 1. The van der Waals surface area contributed by atoms with E-state index in [2.05, 4.69) is 76.0 Å². The van der Waals surface area contributed by atoms with Crippen LogP contribution >= 0.6 is 0 Å². The Morgan fingerprint density at radius 2 is 1.66 bits per heavy atom. The van der Waals surface area contributed by atoms with Crippen LogP contribution in [0.1, 0.15) is 77.0 Å². The molecule has 0 aromatic heterocycles. The molecule has 0 bridgehead atoms. The summed E-state index contributed by atoms with van der Waals surface area (Å²) in [6, 6.07) is 14.7. The molecule has 0 amide bonds. The summed E-state index contributed by atoms with van der Waals surface area (Å²) in [5.41, 5.74) is 5.72. The molecule has 1 unspecified atom stereocenters. The van der Waals surface area contributed by atoms with Gasteiger partial charge in [0, 0.05) is 24.4 Å². The number of allylic oxidation sites excluding steroid dienone is 1. The average molecular weight is 478 g/mol. The van der Waals surface area contributed by atoms with Gasteiger partial charge in [-0.1, -0.05) is 52.0 Å². The number of rotatable bonds is 12. The van der Waals surface area contributed by atoms with Gasteiger partial charge in [-0.2, -0.15) is 0 Å². The van der Waals surface area contributed by atoms with E-state index in [1.807, 2.05) is 25.1 Å². The molecule has 0 saturated carbocycles. The number of ether oxygens (including phenoxy) is 2. The van der Waals surface area contributed by atoms with E-state index in [9.17, 15) is 0 Å². The summed E-state index contributed by atoms with van der Waals surface area (Å²) >= 11 is 0. The maximum Gasteiger partial charge on any atom is 0.138 e. The minimum Gasteiger partial charge on any atom is -0.493 e. The quantitative estimate of drug-likeness (QED) is 0.371. The standard InChI is InChI=1S/C30H43N3O2/c1-8-17-33(18-9-2)30-26(20-35-28-19-24(21(4)5)16-15-22(28)6)23(7)31-29(32-30)25-13-11-12-14-27(25)34-10-3/h11-16,19,21,30H,8-10,17-18,20H2,1-7H3,(H,31,32). The van der Waals surface area contributed by atoms with Crippen LogP contribution < -0.4 is 14.8 Å². The largest absolute Gasteiger partial charge is 0.493 e. The van der Waals surface area contributed by atoms with Crippen molar-refractivity contribution in [2.45, 2.75) is 73.4 Å². The van der Waals surface area contributed by atoms with Crippen molar-refractivity contribution in [2.75, 3.05) is 26.3 Å². The first kappa shape index (κ1) is 26.8. The molecule has 190 valence electrons. The Bertz CT molecular complexity index is 1040. The van der Waals surface area contributed by atoms with E-state index in [1.165, 1.54) is 11.1 Å². The fourth-order valence-electron chi connectivity index (χ4n) is 4.47. The van der Waals surface area contributed by atoms with Gasteiger partial charge in [-0.3, -0.25) is 4.90 Å². The lowest BCUT2D eigenvalue weighted by molar-refractivity contribution is 0.206. The monoisotopic (exact) mass is 477 g/mol. The van der Waals surface area contributed by atoms with Crippen LogP contribution in [0.5, 0.6) is 11.5 Å². The summed E-state index contributed by atoms with van der Waals surface area (Å²) in [6.07, 6.45) is 2.08. The van der Waals surface area contributed by atoms with Crippen LogP contribution in [0, 0.1) is 6.92 Å². The Labute approximate surface area is 212 Å². The predicted molar refractivity (Wildman–Crippen MR) is 147 cm³/mol. The highest BCUT2D eigenvalue weighted by Gasteiger charge is 2.29. The summed E-state index contributed by atoms with van der Waals surface area (Å²) in [4.78, 5) is 7.73. The molecule has 35 heavy (non-hydrogen) atoms. The fraction of sp³-hybridized carbons (Fsp3) is 0.500. The highest BCUT2D eigenvalue weighted by molar-refractivity contribution is 6.03. The molecule has 0 aliphatic carbocycles. The van der Waals surface area contributed by atoms with Gasteiger partial charge in [0.05, 0.1) is 12.2 Å². The molecule has 5 nitrogen and oxygen atoms in total. The van der Waals surface area contributed by atoms with Gasteiger partial charge in [0.2, 0.25) is 0 Å². The van der Waals surface area contributed by atoms with E-state index in [-0.39, 0.29) is 6.17 Å². The van der Waals surface area contributed by atoms with Crippen molar-refractivity contribution in [3.63, 3.8) is 0 Å². The molecule has 0 fully saturated rings. The normalized spacial score (nSPS) is 15.9. The van der Waals surface area contributed by atoms with Crippen LogP contribution in [0.25, 0.3) is 0 Å². The van der Waals surface area contributed by atoms with Gasteiger partial charge in [0.25, 0.3) is 0 Å². The molecule has 0 radical (unpaired) electrons. The lowest BCUT2D eigenvalue weighted by Gasteiger charge is -2.35. The summed E-state index contributed by atoms with van der Waals surface area (Å²) in [5, 5.41) is 3.57. The fourth-order valence-corrected chi connectivity index (χ4v) is 4.47. The zero-order chi connectivity index (χ0) is 25.4. The van der Waals surface area contributed by atoms with Crippen molar-refractivity contribution >= 4 is 5.84 Å². The first-order valence-electron chi connectivity index (χ1n) is 13.1. The topological polar surface area (TPSA) is 46.1 Å². The zero-order valence-corrected chi connectivity index (χ0v) is 22.6. The molecular formula is C30H43N3O2. The first-order chi connectivity index (χ1) is 16.9. The van der Waals surface area contributed by atoms with Crippen molar-refractivity contribution in [1.82, 2.24) is 10.2 Å². The van der Waals surface area contributed by atoms with Crippen LogP contribution in [0.15, 0.2) is 58.7 Å². The first-order valence-corrected chi connectivity index (χ1v) is 13.1. The van der Waals surface area contributed by atoms with Crippen molar-refractivity contribution in [1.29, 1.82) is 0 Å². The van der Waals surface area contributed by atoms with Crippen LogP contribution in [0.4, 0.5) is 0 Å². The van der Waals surface area contributed by atoms with Crippen LogP contribution in [0.3, 0.4) is 0 Å². The second kappa shape index (κ2) is 12.8. The Morgan fingerprint density at radius 3 is 2.31 bits per heavy atom. The number of hydrogen-bond acceptors (Lipinski definition) is 5. The van der Waals surface area contributed by atoms with Crippen LogP contribution in [0.2, 0.25) is 0 Å². The number of para-hydroxylation sites is 1. The van der Waals surface area contributed by atoms with E-state index in [1.54, 1.807) is 0 Å². The molecular weight excluding hydrogens is 434 g/mol. The summed E-state index contributed by atoms with van der Waals surface area (Å²) in [6.45, 7) is 18.2. The third-order valence-electron chi connectivity index (χ3n) is 6.42.